The van der Waals surface area contributed by atoms with Gasteiger partial charge in [0.25, 0.3) is 0 Å². The van der Waals surface area contributed by atoms with Crippen LogP contribution in [0, 0.1) is 5.92 Å². The monoisotopic (exact) mass is 309 g/mol. The SMILES string of the molecule is CCNC(CCc1cccs1)C(OCC)C1CCCCC1. The average molecular weight is 310 g/mol. The highest BCUT2D eigenvalue weighted by molar-refractivity contribution is 7.09. The van der Waals surface area contributed by atoms with Crippen molar-refractivity contribution < 1.29 is 4.74 Å². The van der Waals surface area contributed by atoms with Crippen LogP contribution in [0.4, 0.5) is 0 Å². The second-order valence-corrected chi connectivity index (χ2v) is 7.13. The van der Waals surface area contributed by atoms with Gasteiger partial charge >= 0.3 is 0 Å². The van der Waals surface area contributed by atoms with Crippen molar-refractivity contribution >= 4 is 11.3 Å². The van der Waals surface area contributed by atoms with Crippen molar-refractivity contribution in [1.82, 2.24) is 5.32 Å². The average Bonchev–Trinajstić information content (AvgIpc) is 3.04. The summed E-state index contributed by atoms with van der Waals surface area (Å²) in [6.07, 6.45) is 9.65. The Morgan fingerprint density at radius 1 is 1.29 bits per heavy atom. The Bertz CT molecular complexity index is 359. The van der Waals surface area contributed by atoms with Gasteiger partial charge in [0, 0.05) is 17.5 Å². The van der Waals surface area contributed by atoms with Gasteiger partial charge in [-0.15, -0.1) is 11.3 Å². The van der Waals surface area contributed by atoms with Gasteiger partial charge in [-0.1, -0.05) is 32.3 Å². The smallest absolute Gasteiger partial charge is 0.0756 e. The van der Waals surface area contributed by atoms with E-state index in [0.29, 0.717) is 12.1 Å². The second-order valence-electron chi connectivity index (χ2n) is 6.10. The van der Waals surface area contributed by atoms with Crippen LogP contribution in [-0.2, 0) is 11.2 Å². The van der Waals surface area contributed by atoms with Gasteiger partial charge < -0.3 is 10.1 Å². The second kappa shape index (κ2) is 9.60. The van der Waals surface area contributed by atoms with Crippen LogP contribution < -0.4 is 5.32 Å². The molecule has 0 radical (unpaired) electrons. The molecular formula is C18H31NOS. The fourth-order valence-corrected chi connectivity index (χ4v) is 4.36. The summed E-state index contributed by atoms with van der Waals surface area (Å²) in [6, 6.07) is 4.91. The molecule has 1 aromatic rings. The van der Waals surface area contributed by atoms with E-state index < -0.39 is 0 Å². The van der Waals surface area contributed by atoms with Crippen molar-refractivity contribution in [2.24, 2.45) is 5.92 Å². The molecule has 0 bridgehead atoms. The van der Waals surface area contributed by atoms with Crippen molar-refractivity contribution in [3.63, 3.8) is 0 Å². The van der Waals surface area contributed by atoms with Crippen LogP contribution >= 0.6 is 11.3 Å². The lowest BCUT2D eigenvalue weighted by molar-refractivity contribution is -0.0189. The summed E-state index contributed by atoms with van der Waals surface area (Å²) in [6.45, 7) is 6.22. The number of hydrogen-bond acceptors (Lipinski definition) is 3. The van der Waals surface area contributed by atoms with Crippen LogP contribution in [-0.4, -0.2) is 25.3 Å². The van der Waals surface area contributed by atoms with Gasteiger partial charge in [-0.3, -0.25) is 0 Å². The Morgan fingerprint density at radius 2 is 2.10 bits per heavy atom. The summed E-state index contributed by atoms with van der Waals surface area (Å²) in [4.78, 5) is 1.50. The highest BCUT2D eigenvalue weighted by atomic mass is 32.1. The third-order valence-corrected chi connectivity index (χ3v) is 5.55. The maximum Gasteiger partial charge on any atom is 0.0756 e. The maximum atomic E-state index is 6.21. The number of likely N-dealkylation sites (N-methyl/N-ethyl adjacent to an activating group) is 1. The number of hydrogen-bond donors (Lipinski definition) is 1. The van der Waals surface area contributed by atoms with E-state index in [1.807, 2.05) is 11.3 Å². The Labute approximate surface area is 134 Å². The molecule has 21 heavy (non-hydrogen) atoms. The van der Waals surface area contributed by atoms with E-state index >= 15 is 0 Å². The first kappa shape index (κ1) is 17.0. The molecule has 1 heterocycles. The molecule has 2 nitrogen and oxygen atoms in total. The van der Waals surface area contributed by atoms with Gasteiger partial charge in [-0.2, -0.15) is 0 Å². The molecule has 1 aliphatic carbocycles. The largest absolute Gasteiger partial charge is 0.377 e. The molecule has 1 saturated carbocycles. The van der Waals surface area contributed by atoms with E-state index in [-0.39, 0.29) is 0 Å². The zero-order chi connectivity index (χ0) is 14.9. The van der Waals surface area contributed by atoms with Gasteiger partial charge in [0.1, 0.15) is 0 Å². The fourth-order valence-electron chi connectivity index (χ4n) is 3.63. The molecule has 2 atom stereocenters. The molecule has 1 aliphatic rings. The minimum Gasteiger partial charge on any atom is -0.377 e. The predicted octanol–water partition coefficient (Wildman–Crippen LogP) is 4.64. The Kier molecular flexibility index (Phi) is 7.76. The zero-order valence-electron chi connectivity index (χ0n) is 13.6. The van der Waals surface area contributed by atoms with Gasteiger partial charge in [0.15, 0.2) is 0 Å². The minimum absolute atomic E-state index is 0.398. The molecule has 0 spiro atoms. The fraction of sp³-hybridized carbons (Fsp3) is 0.778. The Balaban J connectivity index is 1.96. The summed E-state index contributed by atoms with van der Waals surface area (Å²) in [7, 11) is 0. The standard InChI is InChI=1S/C18H31NOS/c1-3-19-17(13-12-16-11-8-14-21-16)18(20-4-2)15-9-6-5-7-10-15/h8,11,14-15,17-19H,3-7,9-10,12-13H2,1-2H3. The zero-order valence-corrected chi connectivity index (χ0v) is 14.5. The number of ether oxygens (including phenoxy) is 1. The lowest BCUT2D eigenvalue weighted by Gasteiger charge is -2.36. The number of thiophene rings is 1. The third kappa shape index (κ3) is 5.39. The minimum atomic E-state index is 0.398. The highest BCUT2D eigenvalue weighted by Crippen LogP contribution is 2.30. The van der Waals surface area contributed by atoms with E-state index in [0.717, 1.165) is 19.1 Å². The third-order valence-electron chi connectivity index (χ3n) is 4.62. The molecule has 1 fully saturated rings. The van der Waals surface area contributed by atoms with Gasteiger partial charge in [0.05, 0.1) is 6.10 Å². The lowest BCUT2D eigenvalue weighted by atomic mass is 9.81. The summed E-state index contributed by atoms with van der Waals surface area (Å²) in [5.41, 5.74) is 0. The first-order valence-corrected chi connectivity index (χ1v) is 9.60. The van der Waals surface area contributed by atoms with Gasteiger partial charge in [-0.25, -0.2) is 0 Å². The van der Waals surface area contributed by atoms with E-state index in [9.17, 15) is 0 Å². The van der Waals surface area contributed by atoms with Crippen LogP contribution in [0.5, 0.6) is 0 Å². The molecule has 2 unspecified atom stereocenters. The van der Waals surface area contributed by atoms with E-state index in [1.54, 1.807) is 0 Å². The molecule has 0 aromatic carbocycles. The van der Waals surface area contributed by atoms with Crippen molar-refractivity contribution in [2.45, 2.75) is 70.9 Å². The molecule has 1 N–H and O–H groups in total. The Hall–Kier alpha value is -0.380. The van der Waals surface area contributed by atoms with Crippen LogP contribution in [0.15, 0.2) is 17.5 Å². The molecule has 0 aliphatic heterocycles. The van der Waals surface area contributed by atoms with Crippen molar-refractivity contribution in [1.29, 1.82) is 0 Å². The van der Waals surface area contributed by atoms with Crippen molar-refractivity contribution in [2.75, 3.05) is 13.2 Å². The highest BCUT2D eigenvalue weighted by Gasteiger charge is 2.30. The lowest BCUT2D eigenvalue weighted by Crippen LogP contribution is -2.46. The van der Waals surface area contributed by atoms with Crippen LogP contribution in [0.25, 0.3) is 0 Å². The Morgan fingerprint density at radius 3 is 2.71 bits per heavy atom. The van der Waals surface area contributed by atoms with Crippen LogP contribution in [0.3, 0.4) is 0 Å². The van der Waals surface area contributed by atoms with E-state index in [4.69, 9.17) is 4.74 Å². The number of nitrogens with one attached hydrogen (secondary N) is 1. The molecule has 0 saturated heterocycles. The molecule has 120 valence electrons. The first-order chi connectivity index (χ1) is 10.3. The van der Waals surface area contributed by atoms with E-state index in [1.165, 1.54) is 49.8 Å². The van der Waals surface area contributed by atoms with Crippen LogP contribution in [0.1, 0.15) is 57.2 Å². The summed E-state index contributed by atoms with van der Waals surface area (Å²) < 4.78 is 6.21. The van der Waals surface area contributed by atoms with Crippen LogP contribution in [0.2, 0.25) is 0 Å². The summed E-state index contributed by atoms with van der Waals surface area (Å²) in [5, 5.41) is 5.89. The van der Waals surface area contributed by atoms with Crippen molar-refractivity contribution in [3.05, 3.63) is 22.4 Å². The van der Waals surface area contributed by atoms with Gasteiger partial charge in [0.2, 0.25) is 0 Å². The number of aryl methyl sites for hydroxylation is 1. The topological polar surface area (TPSA) is 21.3 Å². The summed E-state index contributed by atoms with van der Waals surface area (Å²) in [5.74, 6) is 0.756. The molecule has 3 heteroatoms. The normalized spacial score (nSPS) is 19.5. The first-order valence-electron chi connectivity index (χ1n) is 8.72. The quantitative estimate of drug-likeness (QED) is 0.717. The van der Waals surface area contributed by atoms with Crippen molar-refractivity contribution in [3.8, 4) is 0 Å². The molecular weight excluding hydrogens is 278 g/mol. The predicted molar refractivity (Wildman–Crippen MR) is 92.1 cm³/mol. The molecule has 0 amide bonds. The molecule has 1 aromatic heterocycles. The summed E-state index contributed by atoms with van der Waals surface area (Å²) >= 11 is 1.88. The van der Waals surface area contributed by atoms with E-state index in [2.05, 4.69) is 36.7 Å². The maximum absolute atomic E-state index is 6.21. The molecule has 2 rings (SSSR count). The number of rotatable bonds is 9. The van der Waals surface area contributed by atoms with Gasteiger partial charge in [-0.05, 0) is 56.5 Å².